The molecule has 0 fully saturated rings. The van der Waals surface area contributed by atoms with Gasteiger partial charge >= 0.3 is 0 Å². The van der Waals surface area contributed by atoms with E-state index >= 15 is 0 Å². The Morgan fingerprint density at radius 2 is 2.05 bits per heavy atom. The van der Waals surface area contributed by atoms with Gasteiger partial charge in [0.05, 0.1) is 7.11 Å². The van der Waals surface area contributed by atoms with Gasteiger partial charge in [-0.15, -0.1) is 0 Å². The molecule has 7 nitrogen and oxygen atoms in total. The minimum Gasteiger partial charge on any atom is -0.497 e. The molecular formula is C14H20N6O. The maximum atomic E-state index is 5.67. The maximum absolute atomic E-state index is 5.67. The van der Waals surface area contributed by atoms with Gasteiger partial charge in [-0.05, 0) is 24.1 Å². The lowest BCUT2D eigenvalue weighted by Gasteiger charge is -2.12. The molecule has 112 valence electrons. The van der Waals surface area contributed by atoms with Gasteiger partial charge in [0.2, 0.25) is 17.8 Å². The molecule has 21 heavy (non-hydrogen) atoms. The maximum Gasteiger partial charge on any atom is 0.231 e. The molecule has 0 atom stereocenters. The first kappa shape index (κ1) is 14.8. The molecule has 0 saturated carbocycles. The van der Waals surface area contributed by atoms with Crippen LogP contribution in [0.15, 0.2) is 24.3 Å². The molecule has 0 saturated heterocycles. The van der Waals surface area contributed by atoms with Crippen molar-refractivity contribution in [2.24, 2.45) is 0 Å². The third-order valence-electron chi connectivity index (χ3n) is 2.87. The number of anilines is 3. The fraction of sp³-hybridized carbons (Fsp3) is 0.357. The zero-order chi connectivity index (χ0) is 15.2. The SMILES string of the molecule is COc1cccc(CCNc2nc(N)nc(N(C)C)n2)c1. The van der Waals surface area contributed by atoms with Crippen LogP contribution in [0.5, 0.6) is 5.75 Å². The minimum atomic E-state index is 0.206. The van der Waals surface area contributed by atoms with Crippen LogP contribution in [0.4, 0.5) is 17.8 Å². The van der Waals surface area contributed by atoms with E-state index in [0.717, 1.165) is 12.2 Å². The van der Waals surface area contributed by atoms with E-state index in [0.29, 0.717) is 18.4 Å². The van der Waals surface area contributed by atoms with Gasteiger partial charge in [-0.2, -0.15) is 15.0 Å². The third kappa shape index (κ3) is 4.20. The smallest absolute Gasteiger partial charge is 0.231 e. The number of rotatable bonds is 6. The van der Waals surface area contributed by atoms with Crippen LogP contribution in [0.2, 0.25) is 0 Å². The number of nitrogens with two attached hydrogens (primary N) is 1. The van der Waals surface area contributed by atoms with Crippen LogP contribution in [-0.2, 0) is 6.42 Å². The van der Waals surface area contributed by atoms with E-state index in [4.69, 9.17) is 10.5 Å². The highest BCUT2D eigenvalue weighted by atomic mass is 16.5. The number of methoxy groups -OCH3 is 1. The Bertz CT molecular complexity index is 602. The highest BCUT2D eigenvalue weighted by molar-refractivity contribution is 5.41. The molecule has 3 N–H and O–H groups in total. The summed E-state index contributed by atoms with van der Waals surface area (Å²) < 4.78 is 5.20. The summed E-state index contributed by atoms with van der Waals surface area (Å²) in [7, 11) is 5.37. The second-order valence-electron chi connectivity index (χ2n) is 4.74. The quantitative estimate of drug-likeness (QED) is 0.825. The number of hydrogen-bond donors (Lipinski definition) is 2. The number of benzene rings is 1. The highest BCUT2D eigenvalue weighted by Crippen LogP contribution is 2.13. The van der Waals surface area contributed by atoms with Crippen LogP contribution in [0, 0.1) is 0 Å². The average molecular weight is 288 g/mol. The van der Waals surface area contributed by atoms with E-state index in [2.05, 4.69) is 26.3 Å². The second kappa shape index (κ2) is 6.74. The van der Waals surface area contributed by atoms with Gasteiger partial charge in [-0.25, -0.2) is 0 Å². The molecule has 0 aliphatic rings. The lowest BCUT2D eigenvalue weighted by molar-refractivity contribution is 0.414. The van der Waals surface area contributed by atoms with E-state index in [1.165, 1.54) is 5.56 Å². The Morgan fingerprint density at radius 1 is 1.24 bits per heavy atom. The first-order valence-corrected chi connectivity index (χ1v) is 6.64. The van der Waals surface area contributed by atoms with E-state index < -0.39 is 0 Å². The zero-order valence-corrected chi connectivity index (χ0v) is 12.5. The molecule has 0 aliphatic heterocycles. The summed E-state index contributed by atoms with van der Waals surface area (Å²) in [5.41, 5.74) is 6.85. The lowest BCUT2D eigenvalue weighted by atomic mass is 10.1. The Labute approximate surface area is 124 Å². The number of hydrogen-bond acceptors (Lipinski definition) is 7. The van der Waals surface area contributed by atoms with Crippen molar-refractivity contribution >= 4 is 17.8 Å². The van der Waals surface area contributed by atoms with E-state index in [-0.39, 0.29) is 5.95 Å². The summed E-state index contributed by atoms with van der Waals surface area (Å²) in [5.74, 6) is 2.07. The molecule has 1 aromatic heterocycles. The Hall–Kier alpha value is -2.57. The molecule has 1 aromatic carbocycles. The van der Waals surface area contributed by atoms with Crippen molar-refractivity contribution in [2.45, 2.75) is 6.42 Å². The molecule has 7 heteroatoms. The Morgan fingerprint density at radius 3 is 2.76 bits per heavy atom. The normalized spacial score (nSPS) is 10.2. The summed E-state index contributed by atoms with van der Waals surface area (Å²) >= 11 is 0. The molecule has 2 rings (SSSR count). The van der Waals surface area contributed by atoms with Gasteiger partial charge < -0.3 is 20.7 Å². The summed E-state index contributed by atoms with van der Waals surface area (Å²) in [6.45, 7) is 0.698. The molecule has 1 heterocycles. The fourth-order valence-electron chi connectivity index (χ4n) is 1.81. The molecule has 0 radical (unpaired) electrons. The Balaban J connectivity index is 1.96. The van der Waals surface area contributed by atoms with Crippen molar-refractivity contribution in [3.05, 3.63) is 29.8 Å². The van der Waals surface area contributed by atoms with Crippen LogP contribution in [0.3, 0.4) is 0 Å². The second-order valence-corrected chi connectivity index (χ2v) is 4.74. The van der Waals surface area contributed by atoms with Crippen molar-refractivity contribution in [2.75, 3.05) is 43.7 Å². The van der Waals surface area contributed by atoms with E-state index in [1.54, 1.807) is 12.0 Å². The summed E-state index contributed by atoms with van der Waals surface area (Å²) in [6.07, 6.45) is 0.833. The van der Waals surface area contributed by atoms with E-state index in [1.807, 2.05) is 32.3 Å². The van der Waals surface area contributed by atoms with Crippen molar-refractivity contribution in [3.8, 4) is 5.75 Å². The van der Waals surface area contributed by atoms with Gasteiger partial charge in [0, 0.05) is 20.6 Å². The molecule has 0 unspecified atom stereocenters. The predicted octanol–water partition coefficient (Wildman–Crippen LogP) is 1.18. The monoisotopic (exact) mass is 288 g/mol. The molecule has 0 aliphatic carbocycles. The van der Waals surface area contributed by atoms with Crippen molar-refractivity contribution in [1.82, 2.24) is 15.0 Å². The predicted molar refractivity (Wildman–Crippen MR) is 83.8 cm³/mol. The molecular weight excluding hydrogens is 268 g/mol. The van der Waals surface area contributed by atoms with Crippen LogP contribution in [0.1, 0.15) is 5.56 Å². The number of ether oxygens (including phenoxy) is 1. The van der Waals surface area contributed by atoms with Crippen LogP contribution in [-0.4, -0.2) is 42.7 Å². The number of nitrogens with one attached hydrogen (secondary N) is 1. The highest BCUT2D eigenvalue weighted by Gasteiger charge is 2.05. The summed E-state index contributed by atoms with van der Waals surface area (Å²) in [5, 5.41) is 3.16. The van der Waals surface area contributed by atoms with Crippen molar-refractivity contribution in [3.63, 3.8) is 0 Å². The molecule has 0 spiro atoms. The third-order valence-corrected chi connectivity index (χ3v) is 2.87. The number of nitrogen functional groups attached to an aromatic ring is 1. The van der Waals surface area contributed by atoms with Gasteiger partial charge in [-0.1, -0.05) is 12.1 Å². The average Bonchev–Trinajstić information content (AvgIpc) is 2.47. The van der Waals surface area contributed by atoms with Gasteiger partial charge in [0.1, 0.15) is 5.75 Å². The largest absolute Gasteiger partial charge is 0.497 e. The first-order chi connectivity index (χ1) is 10.1. The Kier molecular flexibility index (Phi) is 4.76. The van der Waals surface area contributed by atoms with Crippen molar-refractivity contribution in [1.29, 1.82) is 0 Å². The van der Waals surface area contributed by atoms with Gasteiger partial charge in [0.25, 0.3) is 0 Å². The van der Waals surface area contributed by atoms with Crippen LogP contribution < -0.4 is 20.7 Å². The molecule has 2 aromatic rings. The molecule has 0 amide bonds. The van der Waals surface area contributed by atoms with Gasteiger partial charge in [-0.3, -0.25) is 0 Å². The summed E-state index contributed by atoms with van der Waals surface area (Å²) in [6, 6.07) is 7.96. The number of nitrogens with zero attached hydrogens (tertiary/aromatic N) is 4. The van der Waals surface area contributed by atoms with E-state index in [9.17, 15) is 0 Å². The lowest BCUT2D eigenvalue weighted by Crippen LogP contribution is -2.17. The van der Waals surface area contributed by atoms with Crippen LogP contribution >= 0.6 is 0 Å². The summed E-state index contributed by atoms with van der Waals surface area (Å²) in [4.78, 5) is 14.2. The standard InChI is InChI=1S/C14H20N6O/c1-20(2)14-18-12(15)17-13(19-14)16-8-7-10-5-4-6-11(9-10)21-3/h4-6,9H,7-8H2,1-3H3,(H3,15,16,17,18,19). The topological polar surface area (TPSA) is 89.2 Å². The first-order valence-electron chi connectivity index (χ1n) is 6.64. The molecule has 0 bridgehead atoms. The fourth-order valence-corrected chi connectivity index (χ4v) is 1.81. The van der Waals surface area contributed by atoms with Gasteiger partial charge in [0.15, 0.2) is 0 Å². The number of aromatic nitrogens is 3. The minimum absolute atomic E-state index is 0.206. The van der Waals surface area contributed by atoms with Crippen molar-refractivity contribution < 1.29 is 4.74 Å². The zero-order valence-electron chi connectivity index (χ0n) is 12.5. The van der Waals surface area contributed by atoms with Crippen LogP contribution in [0.25, 0.3) is 0 Å².